The van der Waals surface area contributed by atoms with E-state index in [1.165, 1.54) is 24.0 Å². The Morgan fingerprint density at radius 3 is 1.26 bits per heavy atom. The number of amides is 4. The van der Waals surface area contributed by atoms with Crippen LogP contribution >= 0.6 is 0 Å². The largest absolute Gasteiger partial charge is 0.453 e. The van der Waals surface area contributed by atoms with Gasteiger partial charge in [-0.25, -0.2) is 19.6 Å². The number of hydrogen-bond acceptors (Lipinski definition) is 8. The van der Waals surface area contributed by atoms with Gasteiger partial charge in [0.25, 0.3) is 0 Å². The molecule has 2 heterocycles. The van der Waals surface area contributed by atoms with Gasteiger partial charge in [-0.1, -0.05) is 48.5 Å². The second-order valence-corrected chi connectivity index (χ2v) is 15.2. The van der Waals surface area contributed by atoms with E-state index in [-0.39, 0.29) is 23.9 Å². The third kappa shape index (κ3) is 6.58. The van der Waals surface area contributed by atoms with Crippen LogP contribution in [0.15, 0.2) is 60.9 Å². The minimum Gasteiger partial charge on any atom is -0.453 e. The SMILES string of the molecule is COC(=O)N(C)C1(C(=O)NC(c2ncc(-c3ccc(-c4ccc(-c5cnc(C(NC(=O)C6(N(C)C(=O)OC)CC6)C6CC6)[nH]5)cc4)cc3)[nH]2)C2CC2)CC1. The summed E-state index contributed by atoms with van der Waals surface area (Å²) >= 11 is 0. The minimum absolute atomic E-state index is 0.173. The molecule has 4 amide bonds. The van der Waals surface area contributed by atoms with Crippen LogP contribution in [0, 0.1) is 11.8 Å². The lowest BCUT2D eigenvalue weighted by Gasteiger charge is -2.28. The fourth-order valence-electron chi connectivity index (χ4n) is 7.49. The van der Waals surface area contributed by atoms with E-state index in [1.54, 1.807) is 26.5 Å². The van der Waals surface area contributed by atoms with Gasteiger partial charge in [0.15, 0.2) is 0 Å². The number of carbonyl (C=O) groups excluding carboxylic acids is 4. The van der Waals surface area contributed by atoms with Crippen LogP contribution < -0.4 is 10.6 Å². The van der Waals surface area contributed by atoms with Crippen molar-refractivity contribution in [1.29, 1.82) is 0 Å². The van der Waals surface area contributed by atoms with E-state index in [4.69, 9.17) is 9.47 Å². The summed E-state index contributed by atoms with van der Waals surface area (Å²) < 4.78 is 9.72. The molecular weight excluding hydrogens is 688 g/mol. The highest BCUT2D eigenvalue weighted by Crippen LogP contribution is 2.46. The lowest BCUT2D eigenvalue weighted by atomic mass is 10.0. The second kappa shape index (κ2) is 13.6. The number of nitrogens with one attached hydrogen (secondary N) is 4. The molecule has 14 heteroatoms. The summed E-state index contributed by atoms with van der Waals surface area (Å²) in [7, 11) is 5.86. The maximum absolute atomic E-state index is 13.4. The quantitative estimate of drug-likeness (QED) is 0.135. The molecular formula is C40H46N8O6. The van der Waals surface area contributed by atoms with E-state index in [2.05, 4.69) is 79.1 Å². The number of likely N-dealkylation sites (N-methyl/N-ethyl adjacent to an activating group) is 2. The normalized spacial score (nSPS) is 18.8. The summed E-state index contributed by atoms with van der Waals surface area (Å²) in [6.07, 6.45) is 9.01. The Morgan fingerprint density at radius 2 is 0.963 bits per heavy atom. The van der Waals surface area contributed by atoms with Crippen LogP contribution in [0.5, 0.6) is 0 Å². The maximum Gasteiger partial charge on any atom is 0.410 e. The minimum atomic E-state index is -0.866. The van der Waals surface area contributed by atoms with Crippen molar-refractivity contribution in [2.75, 3.05) is 28.3 Å². The van der Waals surface area contributed by atoms with E-state index in [0.29, 0.717) is 49.2 Å². The first-order valence-corrected chi connectivity index (χ1v) is 18.6. The number of aromatic nitrogens is 4. The zero-order valence-corrected chi connectivity index (χ0v) is 31.0. The van der Waals surface area contributed by atoms with Gasteiger partial charge >= 0.3 is 12.2 Å². The second-order valence-electron chi connectivity index (χ2n) is 15.2. The van der Waals surface area contributed by atoms with Crippen LogP contribution in [-0.4, -0.2) is 93.1 Å². The zero-order valence-electron chi connectivity index (χ0n) is 31.0. The molecule has 0 aliphatic heterocycles. The molecule has 4 aliphatic carbocycles. The summed E-state index contributed by atoms with van der Waals surface area (Å²) in [6.45, 7) is 0. The molecule has 2 atom stereocenters. The smallest absolute Gasteiger partial charge is 0.410 e. The van der Waals surface area contributed by atoms with Gasteiger partial charge in [-0.15, -0.1) is 0 Å². The summed E-state index contributed by atoms with van der Waals surface area (Å²) in [4.78, 5) is 70.1. The van der Waals surface area contributed by atoms with Gasteiger partial charge in [-0.2, -0.15) is 0 Å². The molecule has 0 saturated heterocycles. The Kier molecular flexibility index (Phi) is 8.93. The van der Waals surface area contributed by atoms with Crippen LogP contribution in [0.25, 0.3) is 33.6 Å². The van der Waals surface area contributed by atoms with Crippen molar-refractivity contribution in [2.45, 2.75) is 74.5 Å². The molecule has 14 nitrogen and oxygen atoms in total. The number of nitrogens with zero attached hydrogens (tertiary/aromatic N) is 4. The molecule has 2 unspecified atom stereocenters. The van der Waals surface area contributed by atoms with Crippen LogP contribution in [0.3, 0.4) is 0 Å². The first-order valence-electron chi connectivity index (χ1n) is 18.6. The van der Waals surface area contributed by atoms with E-state index in [1.807, 2.05) is 0 Å². The van der Waals surface area contributed by atoms with Crippen molar-refractivity contribution in [3.63, 3.8) is 0 Å². The van der Waals surface area contributed by atoms with Gasteiger partial charge in [-0.05, 0) is 85.5 Å². The molecule has 4 aromatic rings. The number of aromatic amines is 2. The highest BCUT2D eigenvalue weighted by molar-refractivity contribution is 5.93. The van der Waals surface area contributed by atoms with Crippen molar-refractivity contribution >= 4 is 24.0 Å². The highest BCUT2D eigenvalue weighted by Gasteiger charge is 2.57. The van der Waals surface area contributed by atoms with Crippen LogP contribution in [-0.2, 0) is 19.1 Å². The summed E-state index contributed by atoms with van der Waals surface area (Å²) in [5, 5.41) is 6.37. The van der Waals surface area contributed by atoms with E-state index >= 15 is 0 Å². The van der Waals surface area contributed by atoms with E-state index in [9.17, 15) is 19.2 Å². The maximum atomic E-state index is 13.4. The Hall–Kier alpha value is -5.66. The van der Waals surface area contributed by atoms with Crippen LogP contribution in [0.2, 0.25) is 0 Å². The third-order valence-electron chi connectivity index (χ3n) is 11.7. The van der Waals surface area contributed by atoms with Gasteiger partial charge in [0.1, 0.15) is 22.7 Å². The Labute approximate surface area is 313 Å². The molecule has 4 fully saturated rings. The zero-order chi connectivity index (χ0) is 37.8. The van der Waals surface area contributed by atoms with Crippen molar-refractivity contribution in [3.05, 3.63) is 72.6 Å². The first kappa shape index (κ1) is 35.4. The van der Waals surface area contributed by atoms with E-state index in [0.717, 1.165) is 59.3 Å². The highest BCUT2D eigenvalue weighted by atomic mass is 16.5. The van der Waals surface area contributed by atoms with Gasteiger partial charge < -0.3 is 30.1 Å². The Morgan fingerprint density at radius 1 is 0.630 bits per heavy atom. The Bertz CT molecular complexity index is 1910. The average molecular weight is 735 g/mol. The lowest BCUT2D eigenvalue weighted by Crippen LogP contribution is -2.51. The fraction of sp³-hybridized carbons (Fsp3) is 0.450. The molecule has 0 spiro atoms. The molecule has 0 radical (unpaired) electrons. The number of ether oxygens (including phenoxy) is 2. The molecule has 2 aromatic heterocycles. The third-order valence-corrected chi connectivity index (χ3v) is 11.7. The number of carbonyl (C=O) groups is 4. The van der Waals surface area contributed by atoms with Gasteiger partial charge in [0.2, 0.25) is 11.8 Å². The molecule has 54 heavy (non-hydrogen) atoms. The van der Waals surface area contributed by atoms with Gasteiger partial charge in [-0.3, -0.25) is 19.4 Å². The van der Waals surface area contributed by atoms with Crippen LogP contribution in [0.4, 0.5) is 9.59 Å². The molecule has 0 bridgehead atoms. The number of rotatable bonds is 13. The lowest BCUT2D eigenvalue weighted by molar-refractivity contribution is -0.128. The van der Waals surface area contributed by atoms with Crippen LogP contribution in [0.1, 0.15) is 75.1 Å². The topological polar surface area (TPSA) is 175 Å². The number of hydrogen-bond donors (Lipinski definition) is 4. The molecule has 4 aliphatic rings. The summed E-state index contributed by atoms with van der Waals surface area (Å²) in [6, 6.07) is 16.0. The van der Waals surface area contributed by atoms with Gasteiger partial charge in [0.05, 0.1) is 50.1 Å². The number of H-pyrrole nitrogens is 2. The van der Waals surface area contributed by atoms with Crippen molar-refractivity contribution in [2.24, 2.45) is 11.8 Å². The number of imidazole rings is 2. The molecule has 8 rings (SSSR count). The van der Waals surface area contributed by atoms with E-state index < -0.39 is 23.3 Å². The summed E-state index contributed by atoms with van der Waals surface area (Å²) in [5.74, 6) is 1.67. The van der Waals surface area contributed by atoms with Crippen molar-refractivity contribution in [1.82, 2.24) is 40.4 Å². The fourth-order valence-corrected chi connectivity index (χ4v) is 7.49. The Balaban J connectivity index is 0.915. The molecule has 282 valence electrons. The number of benzene rings is 2. The standard InChI is InChI=1S/C40H46N8O6/c1-47(37(51)53-3)39(17-18-39)35(49)45-31(27-13-14-27)33-41-21-29(43-33)25-9-5-23(6-10-25)24-7-11-26(12-8-24)30-22-42-34(44-30)32(28-15-16-28)46-36(50)40(19-20-40)48(2)38(52)54-4/h5-12,21-22,27-28,31-32H,13-20H2,1-4H3,(H,41,43)(H,42,44)(H,45,49)(H,46,50). The molecule has 4 N–H and O–H groups in total. The first-order chi connectivity index (χ1) is 26.1. The molecule has 4 saturated carbocycles. The predicted molar refractivity (Wildman–Crippen MR) is 199 cm³/mol. The van der Waals surface area contributed by atoms with Gasteiger partial charge in [0, 0.05) is 14.1 Å². The molecule has 2 aromatic carbocycles. The average Bonchev–Trinajstić information content (AvgIpc) is 4.00. The summed E-state index contributed by atoms with van der Waals surface area (Å²) in [5.41, 5.74) is 4.06. The van der Waals surface area contributed by atoms with Crippen molar-refractivity contribution < 1.29 is 28.7 Å². The van der Waals surface area contributed by atoms with Crippen molar-refractivity contribution in [3.8, 4) is 33.6 Å². The number of methoxy groups -OCH3 is 2. The monoisotopic (exact) mass is 734 g/mol. The predicted octanol–water partition coefficient (Wildman–Crippen LogP) is 5.73.